The summed E-state index contributed by atoms with van der Waals surface area (Å²) < 4.78 is 13.1. The largest absolute Gasteiger partial charge is 0.366 e. The molecule has 1 unspecified atom stereocenters. The lowest BCUT2D eigenvalue weighted by atomic mass is 10.2. The molecule has 3 aromatic carbocycles. The smallest absolute Gasteiger partial charge is 0.255 e. The maximum absolute atomic E-state index is 13.1. The number of primary amides is 1. The van der Waals surface area contributed by atoms with Gasteiger partial charge in [0.05, 0.1) is 5.25 Å². The lowest BCUT2D eigenvalue weighted by molar-refractivity contribution is -0.115. The lowest BCUT2D eigenvalue weighted by Gasteiger charge is -2.15. The van der Waals surface area contributed by atoms with Crippen molar-refractivity contribution in [1.82, 2.24) is 0 Å². The van der Waals surface area contributed by atoms with E-state index >= 15 is 0 Å². The lowest BCUT2D eigenvalue weighted by Crippen LogP contribution is -2.24. The van der Waals surface area contributed by atoms with Gasteiger partial charge in [0.15, 0.2) is 0 Å². The summed E-state index contributed by atoms with van der Waals surface area (Å²) in [6.45, 7) is 1.91. The van der Waals surface area contributed by atoms with Crippen molar-refractivity contribution in [3.05, 3.63) is 89.7 Å². The quantitative estimate of drug-likeness (QED) is 0.433. The summed E-state index contributed by atoms with van der Waals surface area (Å²) in [6.07, 6.45) is 0.585. The van der Waals surface area contributed by atoms with Gasteiger partial charge in [-0.25, -0.2) is 4.39 Å². The van der Waals surface area contributed by atoms with Crippen LogP contribution in [0.25, 0.3) is 0 Å². The molecule has 164 valence electrons. The van der Waals surface area contributed by atoms with E-state index in [4.69, 9.17) is 5.73 Å². The number of anilines is 2. The van der Waals surface area contributed by atoms with Crippen LogP contribution < -0.4 is 16.4 Å². The number of amides is 3. The number of thioether (sulfide) groups is 1. The van der Waals surface area contributed by atoms with Crippen LogP contribution in [0, 0.1) is 5.82 Å². The van der Waals surface area contributed by atoms with Gasteiger partial charge >= 0.3 is 0 Å². The highest BCUT2D eigenvalue weighted by Crippen LogP contribution is 2.29. The van der Waals surface area contributed by atoms with Gasteiger partial charge in [0, 0.05) is 27.4 Å². The summed E-state index contributed by atoms with van der Waals surface area (Å²) in [5.41, 5.74) is 7.08. The highest BCUT2D eigenvalue weighted by atomic mass is 32.2. The Morgan fingerprint density at radius 1 is 0.906 bits per heavy atom. The number of nitrogens with two attached hydrogens (primary N) is 1. The summed E-state index contributed by atoms with van der Waals surface area (Å²) in [7, 11) is 0. The number of hydrogen-bond acceptors (Lipinski definition) is 4. The highest BCUT2D eigenvalue weighted by molar-refractivity contribution is 8.00. The molecule has 0 aliphatic rings. The van der Waals surface area contributed by atoms with Crippen molar-refractivity contribution in [2.45, 2.75) is 23.5 Å². The molecule has 0 spiro atoms. The van der Waals surface area contributed by atoms with E-state index in [9.17, 15) is 18.8 Å². The van der Waals surface area contributed by atoms with E-state index in [2.05, 4.69) is 10.6 Å². The topological polar surface area (TPSA) is 101 Å². The van der Waals surface area contributed by atoms with Gasteiger partial charge < -0.3 is 16.4 Å². The zero-order valence-corrected chi connectivity index (χ0v) is 18.1. The zero-order valence-electron chi connectivity index (χ0n) is 17.3. The number of carbonyl (C=O) groups excluding carboxylic acids is 3. The van der Waals surface area contributed by atoms with Gasteiger partial charge in [0.25, 0.3) is 5.91 Å². The van der Waals surface area contributed by atoms with E-state index in [1.807, 2.05) is 13.0 Å². The molecule has 0 bridgehead atoms. The summed E-state index contributed by atoms with van der Waals surface area (Å²) in [4.78, 5) is 37.1. The minimum absolute atomic E-state index is 0.176. The number of benzene rings is 3. The Hall–Kier alpha value is -3.65. The molecule has 0 fully saturated rings. The van der Waals surface area contributed by atoms with E-state index in [1.54, 1.807) is 42.5 Å². The fourth-order valence-electron chi connectivity index (χ4n) is 2.88. The van der Waals surface area contributed by atoms with Gasteiger partial charge in [0.2, 0.25) is 11.8 Å². The Morgan fingerprint density at radius 3 is 2.19 bits per heavy atom. The third-order valence-corrected chi connectivity index (χ3v) is 5.93. The van der Waals surface area contributed by atoms with Crippen molar-refractivity contribution in [3.63, 3.8) is 0 Å². The van der Waals surface area contributed by atoms with Gasteiger partial charge in [-0.3, -0.25) is 14.4 Å². The molecule has 1 atom stereocenters. The maximum Gasteiger partial charge on any atom is 0.255 e. The van der Waals surface area contributed by atoms with E-state index in [0.717, 1.165) is 4.90 Å². The first-order valence-corrected chi connectivity index (χ1v) is 10.8. The number of nitrogens with one attached hydrogen (secondary N) is 2. The van der Waals surface area contributed by atoms with Crippen LogP contribution in [0.15, 0.2) is 77.7 Å². The molecule has 8 heteroatoms. The number of hydrogen-bond donors (Lipinski definition) is 3. The first-order chi connectivity index (χ1) is 15.4. The van der Waals surface area contributed by atoms with Crippen LogP contribution in [0.5, 0.6) is 0 Å². The van der Waals surface area contributed by atoms with E-state index in [-0.39, 0.29) is 17.1 Å². The fourth-order valence-corrected chi connectivity index (χ4v) is 3.89. The Balaban J connectivity index is 1.64. The van der Waals surface area contributed by atoms with Gasteiger partial charge in [-0.05, 0) is 73.2 Å². The molecule has 0 heterocycles. The Kier molecular flexibility index (Phi) is 7.62. The minimum atomic E-state index is -0.531. The molecule has 32 heavy (non-hydrogen) atoms. The van der Waals surface area contributed by atoms with Crippen molar-refractivity contribution < 1.29 is 18.8 Å². The van der Waals surface area contributed by atoms with Crippen LogP contribution >= 0.6 is 11.8 Å². The second kappa shape index (κ2) is 10.6. The average molecular weight is 452 g/mol. The predicted molar refractivity (Wildman–Crippen MR) is 124 cm³/mol. The number of halogens is 1. The third-order valence-electron chi connectivity index (χ3n) is 4.58. The summed E-state index contributed by atoms with van der Waals surface area (Å²) in [5, 5.41) is 5.25. The SMILES string of the molecule is CCC(Sc1cccc(NC(=O)c2ccc(F)cc2)c1)C(=O)Nc1ccc(C(N)=O)cc1. The second-order valence-corrected chi connectivity index (χ2v) is 8.21. The highest BCUT2D eigenvalue weighted by Gasteiger charge is 2.18. The fraction of sp³-hybridized carbons (Fsp3) is 0.125. The second-order valence-electron chi connectivity index (χ2n) is 6.93. The molecular formula is C24H22FN3O3S. The predicted octanol–water partition coefficient (Wildman–Crippen LogP) is 4.69. The molecule has 0 saturated heterocycles. The minimum Gasteiger partial charge on any atom is -0.366 e. The van der Waals surface area contributed by atoms with E-state index in [1.165, 1.54) is 36.0 Å². The monoisotopic (exact) mass is 451 g/mol. The standard InChI is InChI=1S/C24H22FN3O3S/c1-2-21(24(31)27-18-12-8-15(9-13-18)22(26)29)32-20-5-3-4-19(14-20)28-23(30)16-6-10-17(25)11-7-16/h3-14,21H,2H2,1H3,(H2,26,29)(H,27,31)(H,28,30). The summed E-state index contributed by atoms with van der Waals surface area (Å²) >= 11 is 1.38. The third kappa shape index (κ3) is 6.18. The molecule has 0 aliphatic heterocycles. The molecule has 3 amide bonds. The van der Waals surface area contributed by atoms with E-state index < -0.39 is 11.7 Å². The molecule has 0 saturated carbocycles. The Labute approximate surface area is 189 Å². The normalized spacial score (nSPS) is 11.4. The van der Waals surface area contributed by atoms with Gasteiger partial charge in [-0.15, -0.1) is 11.8 Å². The molecule has 3 aromatic rings. The summed E-state index contributed by atoms with van der Waals surface area (Å²) in [5.74, 6) is -1.47. The molecule has 0 aliphatic carbocycles. The van der Waals surface area contributed by atoms with Crippen molar-refractivity contribution in [2.24, 2.45) is 5.73 Å². The molecular weight excluding hydrogens is 429 g/mol. The Bertz CT molecular complexity index is 1120. The van der Waals surface area contributed by atoms with Crippen molar-refractivity contribution in [1.29, 1.82) is 0 Å². The molecule has 0 aromatic heterocycles. The van der Waals surface area contributed by atoms with E-state index in [0.29, 0.717) is 28.9 Å². The van der Waals surface area contributed by atoms with Crippen molar-refractivity contribution in [3.8, 4) is 0 Å². The van der Waals surface area contributed by atoms with Crippen molar-refractivity contribution in [2.75, 3.05) is 10.6 Å². The number of rotatable bonds is 8. The van der Waals surface area contributed by atoms with Crippen LogP contribution in [-0.4, -0.2) is 23.0 Å². The van der Waals surface area contributed by atoms with Crippen LogP contribution in [-0.2, 0) is 4.79 Å². The first-order valence-electron chi connectivity index (χ1n) is 9.90. The van der Waals surface area contributed by atoms with Crippen LogP contribution in [0.1, 0.15) is 34.1 Å². The van der Waals surface area contributed by atoms with Crippen LogP contribution in [0.2, 0.25) is 0 Å². The van der Waals surface area contributed by atoms with Gasteiger partial charge in [-0.2, -0.15) is 0 Å². The zero-order chi connectivity index (χ0) is 23.1. The first kappa shape index (κ1) is 23.0. The van der Waals surface area contributed by atoms with Crippen LogP contribution in [0.4, 0.5) is 15.8 Å². The van der Waals surface area contributed by atoms with Gasteiger partial charge in [-0.1, -0.05) is 13.0 Å². The maximum atomic E-state index is 13.1. The molecule has 6 nitrogen and oxygen atoms in total. The molecule has 4 N–H and O–H groups in total. The van der Waals surface area contributed by atoms with Crippen molar-refractivity contribution >= 4 is 40.9 Å². The Morgan fingerprint density at radius 2 is 1.56 bits per heavy atom. The van der Waals surface area contributed by atoms with Gasteiger partial charge in [0.1, 0.15) is 5.82 Å². The molecule has 3 rings (SSSR count). The van der Waals surface area contributed by atoms with Crippen LogP contribution in [0.3, 0.4) is 0 Å². The molecule has 0 radical (unpaired) electrons. The average Bonchev–Trinajstić information content (AvgIpc) is 2.78. The summed E-state index contributed by atoms with van der Waals surface area (Å²) in [6, 6.07) is 18.8. The number of carbonyl (C=O) groups is 3.